The Balaban J connectivity index is 1.62. The van der Waals surface area contributed by atoms with Crippen LogP contribution in [0.1, 0.15) is 17.4 Å². The standard InChI is InChI=1S/C16H20N4O2/c1-12(11-20-6-8-22-9-7-20)18-16(21)15-10-17-13-4-2-3-5-14(13)19-15/h2-5,10,12H,6-9,11H2,1H3,(H,18,21). The summed E-state index contributed by atoms with van der Waals surface area (Å²) in [5, 5.41) is 2.98. The van der Waals surface area contributed by atoms with Crippen LogP contribution in [-0.4, -0.2) is 59.7 Å². The zero-order chi connectivity index (χ0) is 15.4. The third kappa shape index (κ3) is 3.58. The lowest BCUT2D eigenvalue weighted by Gasteiger charge is -2.29. The molecule has 1 aromatic carbocycles. The summed E-state index contributed by atoms with van der Waals surface area (Å²) >= 11 is 0. The van der Waals surface area contributed by atoms with Gasteiger partial charge in [-0.25, -0.2) is 4.98 Å². The van der Waals surface area contributed by atoms with Crippen LogP contribution in [0.2, 0.25) is 0 Å². The van der Waals surface area contributed by atoms with Crippen LogP contribution >= 0.6 is 0 Å². The molecule has 1 amide bonds. The number of fused-ring (bicyclic) bond motifs is 1. The fourth-order valence-corrected chi connectivity index (χ4v) is 2.58. The Bertz CT molecular complexity index is 655. The number of hydrogen-bond acceptors (Lipinski definition) is 5. The van der Waals surface area contributed by atoms with E-state index in [1.54, 1.807) is 0 Å². The molecule has 3 rings (SSSR count). The molecular formula is C16H20N4O2. The van der Waals surface area contributed by atoms with Crippen molar-refractivity contribution in [2.75, 3.05) is 32.8 Å². The number of hydrogen-bond donors (Lipinski definition) is 1. The number of ether oxygens (including phenoxy) is 1. The number of amides is 1. The van der Waals surface area contributed by atoms with Gasteiger partial charge >= 0.3 is 0 Å². The van der Waals surface area contributed by atoms with Gasteiger partial charge in [0.15, 0.2) is 0 Å². The lowest BCUT2D eigenvalue weighted by Crippen LogP contribution is -2.46. The molecule has 2 heterocycles. The molecule has 6 nitrogen and oxygen atoms in total. The average Bonchev–Trinajstić information content (AvgIpc) is 2.55. The van der Waals surface area contributed by atoms with E-state index in [-0.39, 0.29) is 11.9 Å². The third-order valence-electron chi connectivity index (χ3n) is 3.69. The minimum absolute atomic E-state index is 0.0545. The molecule has 116 valence electrons. The Morgan fingerprint density at radius 1 is 1.32 bits per heavy atom. The highest BCUT2D eigenvalue weighted by Crippen LogP contribution is 2.08. The summed E-state index contributed by atoms with van der Waals surface area (Å²) in [6.07, 6.45) is 1.53. The number of para-hydroxylation sites is 2. The van der Waals surface area contributed by atoms with Gasteiger partial charge < -0.3 is 10.1 Å². The molecule has 1 saturated heterocycles. The molecule has 1 atom stereocenters. The lowest BCUT2D eigenvalue weighted by molar-refractivity contribution is 0.0342. The summed E-state index contributed by atoms with van der Waals surface area (Å²) in [5.74, 6) is -0.181. The monoisotopic (exact) mass is 300 g/mol. The SMILES string of the molecule is CC(CN1CCOCC1)NC(=O)c1cnc2ccccc2n1. The number of morpholine rings is 1. The fourth-order valence-electron chi connectivity index (χ4n) is 2.58. The quantitative estimate of drug-likeness (QED) is 0.915. The largest absolute Gasteiger partial charge is 0.379 e. The van der Waals surface area contributed by atoms with Crippen LogP contribution in [0.4, 0.5) is 0 Å². The molecule has 0 bridgehead atoms. The van der Waals surface area contributed by atoms with E-state index in [0.29, 0.717) is 5.69 Å². The van der Waals surface area contributed by atoms with E-state index in [1.807, 2.05) is 31.2 Å². The first-order valence-electron chi connectivity index (χ1n) is 7.55. The second-order valence-electron chi connectivity index (χ2n) is 5.53. The van der Waals surface area contributed by atoms with Gasteiger partial charge in [0.05, 0.1) is 30.4 Å². The van der Waals surface area contributed by atoms with Gasteiger partial charge in [-0.3, -0.25) is 14.7 Å². The van der Waals surface area contributed by atoms with Crippen molar-refractivity contribution < 1.29 is 9.53 Å². The number of carbonyl (C=O) groups is 1. The van der Waals surface area contributed by atoms with Crippen LogP contribution in [0.25, 0.3) is 11.0 Å². The van der Waals surface area contributed by atoms with Crippen molar-refractivity contribution in [1.82, 2.24) is 20.2 Å². The molecule has 1 aliphatic rings. The van der Waals surface area contributed by atoms with Gasteiger partial charge in [0.25, 0.3) is 5.91 Å². The molecule has 1 fully saturated rings. The molecule has 1 aliphatic heterocycles. The molecule has 1 aromatic heterocycles. The summed E-state index contributed by atoms with van der Waals surface area (Å²) in [6, 6.07) is 7.58. The third-order valence-corrected chi connectivity index (χ3v) is 3.69. The number of aromatic nitrogens is 2. The maximum Gasteiger partial charge on any atom is 0.271 e. The van der Waals surface area contributed by atoms with Gasteiger partial charge in [-0.05, 0) is 19.1 Å². The van der Waals surface area contributed by atoms with Crippen molar-refractivity contribution in [3.05, 3.63) is 36.2 Å². The van der Waals surface area contributed by atoms with E-state index in [9.17, 15) is 4.79 Å². The molecule has 2 aromatic rings. The van der Waals surface area contributed by atoms with Gasteiger partial charge in [-0.15, -0.1) is 0 Å². The van der Waals surface area contributed by atoms with Crippen LogP contribution < -0.4 is 5.32 Å². The second-order valence-corrected chi connectivity index (χ2v) is 5.53. The van der Waals surface area contributed by atoms with E-state index in [1.165, 1.54) is 6.20 Å². The van der Waals surface area contributed by atoms with Crippen molar-refractivity contribution in [3.63, 3.8) is 0 Å². The zero-order valence-electron chi connectivity index (χ0n) is 12.7. The summed E-state index contributed by atoms with van der Waals surface area (Å²) < 4.78 is 5.33. The first-order chi connectivity index (χ1) is 10.7. The Labute approximate surface area is 129 Å². The maximum atomic E-state index is 12.3. The highest BCUT2D eigenvalue weighted by atomic mass is 16.5. The van der Waals surface area contributed by atoms with E-state index < -0.39 is 0 Å². The van der Waals surface area contributed by atoms with Crippen molar-refractivity contribution >= 4 is 16.9 Å². The molecule has 1 N–H and O–H groups in total. The van der Waals surface area contributed by atoms with Crippen LogP contribution in [0.15, 0.2) is 30.5 Å². The summed E-state index contributed by atoms with van der Waals surface area (Å²) in [7, 11) is 0. The van der Waals surface area contributed by atoms with Crippen LogP contribution in [0.3, 0.4) is 0 Å². The Kier molecular flexibility index (Phi) is 4.60. The molecule has 6 heteroatoms. The van der Waals surface area contributed by atoms with Crippen LogP contribution in [0, 0.1) is 0 Å². The summed E-state index contributed by atoms with van der Waals surface area (Å²) in [4.78, 5) is 23.2. The van der Waals surface area contributed by atoms with E-state index in [4.69, 9.17) is 4.74 Å². The molecule has 0 spiro atoms. The maximum absolute atomic E-state index is 12.3. The van der Waals surface area contributed by atoms with Crippen molar-refractivity contribution in [1.29, 1.82) is 0 Å². The lowest BCUT2D eigenvalue weighted by atomic mass is 10.2. The molecule has 1 unspecified atom stereocenters. The highest BCUT2D eigenvalue weighted by molar-refractivity contribution is 5.93. The number of benzene rings is 1. The Morgan fingerprint density at radius 3 is 2.82 bits per heavy atom. The van der Waals surface area contributed by atoms with Gasteiger partial charge in [-0.2, -0.15) is 0 Å². The van der Waals surface area contributed by atoms with E-state index in [0.717, 1.165) is 43.9 Å². The van der Waals surface area contributed by atoms with E-state index in [2.05, 4.69) is 20.2 Å². The Morgan fingerprint density at radius 2 is 2.05 bits per heavy atom. The Hall–Kier alpha value is -2.05. The van der Waals surface area contributed by atoms with Crippen molar-refractivity contribution in [2.45, 2.75) is 13.0 Å². The smallest absolute Gasteiger partial charge is 0.271 e. The van der Waals surface area contributed by atoms with Gasteiger partial charge in [0.2, 0.25) is 0 Å². The minimum atomic E-state index is -0.181. The van der Waals surface area contributed by atoms with Crippen molar-refractivity contribution in [2.24, 2.45) is 0 Å². The number of nitrogens with zero attached hydrogens (tertiary/aromatic N) is 3. The number of carbonyl (C=O) groups excluding carboxylic acids is 1. The van der Waals surface area contributed by atoms with Gasteiger partial charge in [-0.1, -0.05) is 12.1 Å². The molecule has 0 radical (unpaired) electrons. The summed E-state index contributed by atoms with van der Waals surface area (Å²) in [6.45, 7) is 6.16. The second kappa shape index (κ2) is 6.81. The molecular weight excluding hydrogens is 280 g/mol. The average molecular weight is 300 g/mol. The minimum Gasteiger partial charge on any atom is -0.379 e. The van der Waals surface area contributed by atoms with E-state index >= 15 is 0 Å². The van der Waals surface area contributed by atoms with Crippen molar-refractivity contribution in [3.8, 4) is 0 Å². The summed E-state index contributed by atoms with van der Waals surface area (Å²) in [5.41, 5.74) is 1.88. The predicted molar refractivity (Wildman–Crippen MR) is 83.7 cm³/mol. The van der Waals surface area contributed by atoms with Crippen LogP contribution in [0.5, 0.6) is 0 Å². The molecule has 22 heavy (non-hydrogen) atoms. The number of rotatable bonds is 4. The highest BCUT2D eigenvalue weighted by Gasteiger charge is 2.16. The number of nitrogens with one attached hydrogen (secondary N) is 1. The van der Waals surface area contributed by atoms with Crippen LogP contribution in [-0.2, 0) is 4.74 Å². The van der Waals surface area contributed by atoms with Gasteiger partial charge in [0, 0.05) is 25.7 Å². The first kappa shape index (κ1) is 14.9. The first-order valence-corrected chi connectivity index (χ1v) is 7.55. The van der Waals surface area contributed by atoms with Gasteiger partial charge in [0.1, 0.15) is 5.69 Å². The fraction of sp³-hybridized carbons (Fsp3) is 0.438. The molecule has 0 saturated carbocycles. The predicted octanol–water partition coefficient (Wildman–Crippen LogP) is 1.08. The topological polar surface area (TPSA) is 67.3 Å². The normalized spacial score (nSPS) is 17.3. The molecule has 0 aliphatic carbocycles. The zero-order valence-corrected chi connectivity index (χ0v) is 12.7.